The second kappa shape index (κ2) is 13.2. The lowest BCUT2D eigenvalue weighted by Gasteiger charge is -2.35. The first kappa shape index (κ1) is 29.4. The first-order valence-corrected chi connectivity index (χ1v) is 14.4. The minimum absolute atomic E-state index is 0.0473. The Kier molecular flexibility index (Phi) is 9.95. The summed E-state index contributed by atoms with van der Waals surface area (Å²) >= 11 is 6.57. The maximum Gasteiger partial charge on any atom is 0.154 e. The van der Waals surface area contributed by atoms with Crippen LogP contribution in [0.3, 0.4) is 0 Å². The van der Waals surface area contributed by atoms with Crippen molar-refractivity contribution in [3.05, 3.63) is 41.2 Å². The van der Waals surface area contributed by atoms with Crippen molar-refractivity contribution in [3.8, 4) is 17.3 Å². The van der Waals surface area contributed by atoms with Crippen LogP contribution in [-0.4, -0.2) is 58.8 Å². The van der Waals surface area contributed by atoms with Gasteiger partial charge in [0, 0.05) is 49.7 Å². The van der Waals surface area contributed by atoms with Gasteiger partial charge in [-0.05, 0) is 82.9 Å². The number of anilines is 1. The van der Waals surface area contributed by atoms with Gasteiger partial charge in [-0.3, -0.25) is 9.78 Å². The molecule has 2 aromatic heterocycles. The van der Waals surface area contributed by atoms with E-state index in [-0.39, 0.29) is 18.8 Å². The van der Waals surface area contributed by atoms with Gasteiger partial charge in [-0.15, -0.1) is 0 Å². The molecule has 1 saturated heterocycles. The van der Waals surface area contributed by atoms with Crippen molar-refractivity contribution >= 4 is 23.2 Å². The SMILES string of the molecule is CC(C)(NC1CCC(Cc2cc(-c3cccc(NCC4(C#N)CCOCC4)n3)c(Cl)cn2)CC1)C(=O)CCO. The fourth-order valence-corrected chi connectivity index (χ4v) is 5.83. The third kappa shape index (κ3) is 7.76. The van der Waals surface area contributed by atoms with Crippen LogP contribution in [0.15, 0.2) is 30.5 Å². The summed E-state index contributed by atoms with van der Waals surface area (Å²) in [5.74, 6) is 1.28. The quantitative estimate of drug-likeness (QED) is 0.357. The van der Waals surface area contributed by atoms with E-state index in [0.29, 0.717) is 55.4 Å². The van der Waals surface area contributed by atoms with E-state index >= 15 is 0 Å². The van der Waals surface area contributed by atoms with Crippen LogP contribution >= 0.6 is 11.6 Å². The number of ketones is 1. The molecule has 39 heavy (non-hydrogen) atoms. The molecule has 3 N–H and O–H groups in total. The average molecular weight is 554 g/mol. The van der Waals surface area contributed by atoms with Gasteiger partial charge < -0.3 is 20.5 Å². The summed E-state index contributed by atoms with van der Waals surface area (Å²) in [5, 5.41) is 26.3. The molecule has 4 rings (SSSR count). The topological polar surface area (TPSA) is 120 Å². The third-order valence-corrected chi connectivity index (χ3v) is 8.48. The van der Waals surface area contributed by atoms with E-state index in [1.807, 2.05) is 38.1 Å². The number of ether oxygens (including phenoxy) is 1. The monoisotopic (exact) mass is 553 g/mol. The molecule has 1 aliphatic carbocycles. The minimum atomic E-state index is -0.622. The Morgan fingerprint density at radius 3 is 2.69 bits per heavy atom. The number of aromatic nitrogens is 2. The molecule has 0 unspecified atom stereocenters. The maximum atomic E-state index is 12.3. The van der Waals surface area contributed by atoms with Gasteiger partial charge in [0.1, 0.15) is 5.82 Å². The molecule has 1 saturated carbocycles. The number of carbonyl (C=O) groups excluding carboxylic acids is 1. The molecule has 0 amide bonds. The van der Waals surface area contributed by atoms with E-state index in [0.717, 1.165) is 49.1 Å². The van der Waals surface area contributed by atoms with Crippen molar-refractivity contribution in [2.24, 2.45) is 11.3 Å². The number of nitrogens with one attached hydrogen (secondary N) is 2. The zero-order valence-corrected chi connectivity index (χ0v) is 23.8. The van der Waals surface area contributed by atoms with Crippen molar-refractivity contribution in [2.45, 2.75) is 76.8 Å². The number of halogens is 1. The number of carbonyl (C=O) groups is 1. The van der Waals surface area contributed by atoms with Gasteiger partial charge in [0.25, 0.3) is 0 Å². The number of nitrogens with zero attached hydrogens (tertiary/aromatic N) is 3. The number of Topliss-reactive ketones (excluding diaryl/α,β-unsaturated/α-hetero) is 1. The summed E-state index contributed by atoms with van der Waals surface area (Å²) in [6, 6.07) is 10.6. The Morgan fingerprint density at radius 2 is 2.00 bits per heavy atom. The lowest BCUT2D eigenvalue weighted by molar-refractivity contribution is -0.125. The van der Waals surface area contributed by atoms with Gasteiger partial charge in [-0.1, -0.05) is 17.7 Å². The third-order valence-electron chi connectivity index (χ3n) is 8.18. The molecule has 0 radical (unpaired) electrons. The Bertz CT molecular complexity index is 1170. The van der Waals surface area contributed by atoms with Crippen molar-refractivity contribution in [1.29, 1.82) is 5.26 Å². The molecular formula is C30H40ClN5O3. The zero-order valence-electron chi connectivity index (χ0n) is 23.0. The van der Waals surface area contributed by atoms with Crippen molar-refractivity contribution < 1.29 is 14.6 Å². The van der Waals surface area contributed by atoms with Crippen molar-refractivity contribution in [3.63, 3.8) is 0 Å². The number of aliphatic hydroxyl groups excluding tert-OH is 1. The summed E-state index contributed by atoms with van der Waals surface area (Å²) in [6.07, 6.45) is 8.33. The van der Waals surface area contributed by atoms with Gasteiger partial charge in [-0.2, -0.15) is 5.26 Å². The highest BCUT2D eigenvalue weighted by atomic mass is 35.5. The largest absolute Gasteiger partial charge is 0.396 e. The van der Waals surface area contributed by atoms with Gasteiger partial charge in [0.2, 0.25) is 0 Å². The molecular weight excluding hydrogens is 514 g/mol. The predicted octanol–water partition coefficient (Wildman–Crippen LogP) is 4.95. The van der Waals surface area contributed by atoms with Gasteiger partial charge in [0.15, 0.2) is 5.78 Å². The van der Waals surface area contributed by atoms with Crippen LogP contribution in [-0.2, 0) is 16.0 Å². The molecule has 8 nitrogen and oxygen atoms in total. The number of rotatable bonds is 11. The summed E-state index contributed by atoms with van der Waals surface area (Å²) in [7, 11) is 0. The van der Waals surface area contributed by atoms with Crippen LogP contribution in [0, 0.1) is 22.7 Å². The predicted molar refractivity (Wildman–Crippen MR) is 152 cm³/mol. The molecule has 2 aromatic rings. The molecule has 2 aliphatic rings. The highest BCUT2D eigenvalue weighted by Gasteiger charge is 2.33. The first-order valence-electron chi connectivity index (χ1n) is 14.0. The summed E-state index contributed by atoms with van der Waals surface area (Å²) in [5.41, 5.74) is 1.56. The molecule has 0 atom stereocenters. The lowest BCUT2D eigenvalue weighted by Crippen LogP contribution is -2.52. The van der Waals surface area contributed by atoms with Crippen LogP contribution in [0.4, 0.5) is 5.82 Å². The van der Waals surface area contributed by atoms with Gasteiger partial charge >= 0.3 is 0 Å². The van der Waals surface area contributed by atoms with E-state index in [9.17, 15) is 10.1 Å². The highest BCUT2D eigenvalue weighted by molar-refractivity contribution is 6.33. The molecule has 9 heteroatoms. The minimum Gasteiger partial charge on any atom is -0.396 e. The Hall–Kier alpha value is -2.57. The summed E-state index contributed by atoms with van der Waals surface area (Å²) in [6.45, 7) is 5.45. The fraction of sp³-hybridized carbons (Fsp3) is 0.600. The van der Waals surface area contributed by atoms with E-state index in [1.54, 1.807) is 6.20 Å². The van der Waals surface area contributed by atoms with Crippen LogP contribution in [0.25, 0.3) is 11.3 Å². The van der Waals surface area contributed by atoms with E-state index in [4.69, 9.17) is 26.4 Å². The van der Waals surface area contributed by atoms with Crippen molar-refractivity contribution in [2.75, 3.05) is 31.7 Å². The standard InChI is InChI=1S/C30H40ClN5O3/c1-29(2,27(38)10-13-37)36-22-8-6-21(7-9-22)16-23-17-24(25(31)18-33-23)26-4-3-5-28(35-26)34-20-30(19-32)11-14-39-15-12-30/h3-5,17-18,21-22,36-37H,6-16,20H2,1-2H3,(H,34,35). The molecule has 0 bridgehead atoms. The van der Waals surface area contributed by atoms with Crippen LogP contribution < -0.4 is 10.6 Å². The Labute approximate surface area is 236 Å². The zero-order chi connectivity index (χ0) is 27.9. The fourth-order valence-electron chi connectivity index (χ4n) is 5.63. The number of nitriles is 1. The number of hydrogen-bond acceptors (Lipinski definition) is 8. The smallest absolute Gasteiger partial charge is 0.154 e. The number of hydrogen-bond donors (Lipinski definition) is 3. The maximum absolute atomic E-state index is 12.3. The second-order valence-electron chi connectivity index (χ2n) is 11.5. The molecule has 3 heterocycles. The van der Waals surface area contributed by atoms with Crippen LogP contribution in [0.1, 0.15) is 64.5 Å². The molecule has 1 aliphatic heterocycles. The van der Waals surface area contributed by atoms with Crippen LogP contribution in [0.5, 0.6) is 0 Å². The molecule has 2 fully saturated rings. The number of pyridine rings is 2. The van der Waals surface area contributed by atoms with Gasteiger partial charge in [-0.25, -0.2) is 4.98 Å². The van der Waals surface area contributed by atoms with E-state index in [2.05, 4.69) is 21.7 Å². The first-order chi connectivity index (χ1) is 18.7. The van der Waals surface area contributed by atoms with Crippen LogP contribution in [0.2, 0.25) is 5.02 Å². The van der Waals surface area contributed by atoms with E-state index in [1.165, 1.54) is 0 Å². The second-order valence-corrected chi connectivity index (χ2v) is 11.9. The Morgan fingerprint density at radius 1 is 1.26 bits per heavy atom. The lowest BCUT2D eigenvalue weighted by atomic mass is 9.82. The summed E-state index contributed by atoms with van der Waals surface area (Å²) < 4.78 is 5.44. The average Bonchev–Trinajstić information content (AvgIpc) is 2.94. The van der Waals surface area contributed by atoms with E-state index < -0.39 is 11.0 Å². The highest BCUT2D eigenvalue weighted by Crippen LogP contribution is 2.33. The Balaban J connectivity index is 1.36. The van der Waals surface area contributed by atoms with Gasteiger partial charge in [0.05, 0.1) is 34.3 Å². The normalized spacial score (nSPS) is 21.2. The molecule has 210 valence electrons. The van der Waals surface area contributed by atoms with Crippen molar-refractivity contribution in [1.82, 2.24) is 15.3 Å². The molecule has 0 aromatic carbocycles. The molecule has 0 spiro atoms. The summed E-state index contributed by atoms with van der Waals surface area (Å²) in [4.78, 5) is 21.7. The number of aliphatic hydroxyl groups is 1.